The molecule has 12 heteroatoms. The molecule has 1 unspecified atom stereocenters. The number of carbonyl (C=O) groups is 1. The zero-order valence-electron chi connectivity index (χ0n) is 22.6. The lowest BCUT2D eigenvalue weighted by Crippen LogP contribution is -2.40. The van der Waals surface area contributed by atoms with Gasteiger partial charge < -0.3 is 14.4 Å². The molecule has 5 heterocycles. The van der Waals surface area contributed by atoms with E-state index in [0.717, 1.165) is 6.42 Å². The van der Waals surface area contributed by atoms with E-state index in [1.54, 1.807) is 18.2 Å². The van der Waals surface area contributed by atoms with Crippen LogP contribution < -0.4 is 0 Å². The monoisotopic (exact) mass is 599 g/mol. The molecule has 2 aliphatic heterocycles. The van der Waals surface area contributed by atoms with Gasteiger partial charge in [-0.05, 0) is 74.3 Å². The van der Waals surface area contributed by atoms with Crippen molar-refractivity contribution in [3.63, 3.8) is 0 Å². The van der Waals surface area contributed by atoms with Crippen LogP contribution in [-0.4, -0.2) is 61.3 Å². The van der Waals surface area contributed by atoms with Crippen molar-refractivity contribution in [2.24, 2.45) is 5.92 Å². The Morgan fingerprint density at radius 2 is 1.86 bits per heavy atom. The smallest absolute Gasteiger partial charge is 0.354 e. The number of nitrogens with zero attached hydrogens (tertiary/aromatic N) is 5. The fraction of sp³-hybridized carbons (Fsp3) is 0.400. The molecular formula is C30H29ClF3N5O3. The number of fused-ring (bicyclic) bond motifs is 1. The molecule has 0 spiro atoms. The van der Waals surface area contributed by atoms with Crippen LogP contribution >= 0.6 is 11.6 Å². The minimum Gasteiger partial charge on any atom is -0.477 e. The Balaban J connectivity index is 1.14. The van der Waals surface area contributed by atoms with Crippen LogP contribution in [0.3, 0.4) is 0 Å². The number of hydrogen-bond acceptors (Lipinski definition) is 6. The second kappa shape index (κ2) is 11.6. The van der Waals surface area contributed by atoms with Crippen LogP contribution in [0.5, 0.6) is 0 Å². The van der Waals surface area contributed by atoms with E-state index in [1.165, 1.54) is 30.3 Å². The Morgan fingerprint density at radius 1 is 1.07 bits per heavy atom. The number of imidazole rings is 1. The van der Waals surface area contributed by atoms with Crippen molar-refractivity contribution in [3.8, 4) is 0 Å². The summed E-state index contributed by atoms with van der Waals surface area (Å²) in [7, 11) is 0. The van der Waals surface area contributed by atoms with Crippen LogP contribution in [0.25, 0.3) is 11.2 Å². The highest BCUT2D eigenvalue weighted by atomic mass is 35.5. The molecule has 2 aliphatic rings. The Kier molecular flexibility index (Phi) is 7.91. The normalized spacial score (nSPS) is 18.3. The minimum atomic E-state index is -3.15. The van der Waals surface area contributed by atoms with E-state index in [0.29, 0.717) is 61.0 Å². The third-order valence-corrected chi connectivity index (χ3v) is 8.31. The van der Waals surface area contributed by atoms with Gasteiger partial charge in [0, 0.05) is 29.7 Å². The van der Waals surface area contributed by atoms with Crippen molar-refractivity contribution < 1.29 is 27.8 Å². The molecule has 4 aromatic rings. The zero-order valence-corrected chi connectivity index (χ0v) is 23.4. The number of carboxylic acid groups (broad SMARTS) is 1. The van der Waals surface area contributed by atoms with E-state index < -0.39 is 23.6 Å². The van der Waals surface area contributed by atoms with Crippen LogP contribution in [0.15, 0.2) is 48.5 Å². The molecule has 2 fully saturated rings. The molecule has 3 aromatic heterocycles. The number of hydrogen-bond donors (Lipinski definition) is 1. The van der Waals surface area contributed by atoms with Gasteiger partial charge >= 0.3 is 5.97 Å². The molecule has 2 saturated heterocycles. The number of alkyl halides is 2. The molecule has 0 saturated carbocycles. The number of carboxylic acids is 1. The van der Waals surface area contributed by atoms with Crippen molar-refractivity contribution in [1.82, 2.24) is 24.4 Å². The highest BCUT2D eigenvalue weighted by molar-refractivity contribution is 6.30. The number of benzene rings is 1. The van der Waals surface area contributed by atoms with Gasteiger partial charge in [-0.1, -0.05) is 23.7 Å². The van der Waals surface area contributed by atoms with Crippen LogP contribution in [0.1, 0.15) is 52.5 Å². The first-order valence-corrected chi connectivity index (χ1v) is 14.3. The average Bonchev–Trinajstić information content (AvgIpc) is 3.28. The predicted molar refractivity (Wildman–Crippen MR) is 149 cm³/mol. The van der Waals surface area contributed by atoms with Crippen molar-refractivity contribution >= 4 is 28.7 Å². The summed E-state index contributed by atoms with van der Waals surface area (Å²) < 4.78 is 53.1. The Hall–Kier alpha value is -3.54. The summed E-state index contributed by atoms with van der Waals surface area (Å²) in [5.41, 5.74) is 1.38. The molecule has 0 bridgehead atoms. The fourth-order valence-electron chi connectivity index (χ4n) is 5.60. The molecule has 6 rings (SSSR count). The van der Waals surface area contributed by atoms with E-state index in [-0.39, 0.29) is 41.8 Å². The lowest BCUT2D eigenvalue weighted by molar-refractivity contribution is -0.0899. The van der Waals surface area contributed by atoms with Gasteiger partial charge in [-0.25, -0.2) is 19.2 Å². The fourth-order valence-corrected chi connectivity index (χ4v) is 5.76. The number of aromatic carboxylic acids is 1. The van der Waals surface area contributed by atoms with E-state index in [4.69, 9.17) is 21.3 Å². The Morgan fingerprint density at radius 3 is 2.55 bits per heavy atom. The van der Waals surface area contributed by atoms with Crippen molar-refractivity contribution in [2.45, 2.75) is 50.8 Å². The second-order valence-corrected chi connectivity index (χ2v) is 11.3. The van der Waals surface area contributed by atoms with Crippen molar-refractivity contribution in [2.75, 3.05) is 19.7 Å². The molecule has 220 valence electrons. The number of ether oxygens (including phenoxy) is 1. The number of rotatable bonds is 9. The third kappa shape index (κ3) is 5.86. The lowest BCUT2D eigenvalue weighted by atomic mass is 9.88. The number of aromatic nitrogens is 4. The maximum Gasteiger partial charge on any atom is 0.354 e. The molecular weight excluding hydrogens is 571 g/mol. The van der Waals surface area contributed by atoms with Gasteiger partial charge in [-0.15, -0.1) is 0 Å². The maximum absolute atomic E-state index is 15.7. The highest BCUT2D eigenvalue weighted by Crippen LogP contribution is 2.41. The van der Waals surface area contributed by atoms with Crippen LogP contribution in [0, 0.1) is 11.7 Å². The van der Waals surface area contributed by atoms with Gasteiger partial charge in [0.1, 0.15) is 22.9 Å². The number of pyridine rings is 2. The Labute approximate surface area is 245 Å². The molecule has 1 aromatic carbocycles. The first-order valence-electron chi connectivity index (χ1n) is 13.9. The number of halogens is 4. The zero-order chi connectivity index (χ0) is 29.4. The molecule has 0 radical (unpaired) electrons. The molecule has 0 aliphatic carbocycles. The van der Waals surface area contributed by atoms with Crippen LogP contribution in [-0.2, 0) is 30.2 Å². The summed E-state index contributed by atoms with van der Waals surface area (Å²) in [6.45, 7) is 2.47. The van der Waals surface area contributed by atoms with E-state index in [2.05, 4.69) is 14.9 Å². The summed E-state index contributed by atoms with van der Waals surface area (Å²) in [6.07, 6.45) is 1.50. The summed E-state index contributed by atoms with van der Waals surface area (Å²) in [4.78, 5) is 26.8. The quantitative estimate of drug-likeness (QED) is 0.264. The first-order chi connectivity index (χ1) is 20.2. The van der Waals surface area contributed by atoms with E-state index >= 15 is 8.78 Å². The largest absolute Gasteiger partial charge is 0.477 e. The van der Waals surface area contributed by atoms with Gasteiger partial charge in [0.05, 0.1) is 19.2 Å². The van der Waals surface area contributed by atoms with Gasteiger partial charge in [0.25, 0.3) is 5.92 Å². The molecule has 8 nitrogen and oxygen atoms in total. The summed E-state index contributed by atoms with van der Waals surface area (Å²) in [5, 5.41) is 9.67. The molecule has 0 amide bonds. The van der Waals surface area contributed by atoms with Gasteiger partial charge in [-0.2, -0.15) is 8.78 Å². The lowest BCUT2D eigenvalue weighted by Gasteiger charge is -2.35. The molecule has 1 N–H and O–H groups in total. The number of piperidine rings is 1. The number of likely N-dealkylation sites (tertiary alicyclic amines) is 1. The van der Waals surface area contributed by atoms with Gasteiger partial charge in [0.2, 0.25) is 0 Å². The predicted octanol–water partition coefficient (Wildman–Crippen LogP) is 5.70. The van der Waals surface area contributed by atoms with Crippen molar-refractivity contribution in [1.29, 1.82) is 0 Å². The van der Waals surface area contributed by atoms with Crippen LogP contribution in [0.4, 0.5) is 13.2 Å². The van der Waals surface area contributed by atoms with Crippen molar-refractivity contribution in [3.05, 3.63) is 87.8 Å². The standard InChI is InChI=1S/C30H29ClF3N5O3/c31-20-5-4-18(23(32)15-20)14-21-2-1-3-26(35-21)30(33,34)19-8-11-38(12-9-19)17-27-36-24-6-7-25(29(40)41)37-28(24)39(27)16-22-10-13-42-22/h1-7,15,19,22H,8-14,16-17H2,(H,40,41). The summed E-state index contributed by atoms with van der Waals surface area (Å²) in [5.74, 6) is -4.96. The summed E-state index contributed by atoms with van der Waals surface area (Å²) in [6, 6.07) is 11.8. The van der Waals surface area contributed by atoms with Crippen LogP contribution in [0.2, 0.25) is 5.02 Å². The third-order valence-electron chi connectivity index (χ3n) is 8.07. The summed E-state index contributed by atoms with van der Waals surface area (Å²) >= 11 is 5.83. The topological polar surface area (TPSA) is 93.4 Å². The maximum atomic E-state index is 15.7. The molecule has 1 atom stereocenters. The molecule has 42 heavy (non-hydrogen) atoms. The average molecular weight is 600 g/mol. The SMILES string of the molecule is O=C(O)c1ccc2nc(CN3CCC(C(F)(F)c4cccc(Cc5ccc(Cl)cc5F)n4)CC3)n(CC3CCO3)c2n1. The minimum absolute atomic E-state index is 0.000287. The first kappa shape index (κ1) is 28.6. The highest BCUT2D eigenvalue weighted by Gasteiger charge is 2.44. The Bertz CT molecular complexity index is 1620. The van der Waals surface area contributed by atoms with Gasteiger partial charge in [-0.3, -0.25) is 9.88 Å². The van der Waals surface area contributed by atoms with E-state index in [1.807, 2.05) is 4.57 Å². The second-order valence-electron chi connectivity index (χ2n) is 10.9. The van der Waals surface area contributed by atoms with E-state index in [9.17, 15) is 14.3 Å². The van der Waals surface area contributed by atoms with Gasteiger partial charge in [0.15, 0.2) is 11.3 Å².